The number of rotatable bonds is 7. The Morgan fingerprint density at radius 2 is 2.07 bits per heavy atom. The van der Waals surface area contributed by atoms with Gasteiger partial charge in [0, 0.05) is 12.7 Å². The summed E-state index contributed by atoms with van der Waals surface area (Å²) in [5.41, 5.74) is -0.0760. The summed E-state index contributed by atoms with van der Waals surface area (Å²) >= 11 is 0. The van der Waals surface area contributed by atoms with Crippen LogP contribution in [0.15, 0.2) is 12.7 Å². The lowest BCUT2D eigenvalue weighted by atomic mass is 10.5. The highest BCUT2D eigenvalue weighted by Crippen LogP contribution is 2.21. The van der Waals surface area contributed by atoms with Crippen molar-refractivity contribution in [1.82, 2.24) is 0 Å². The Morgan fingerprint density at radius 1 is 1.47 bits per heavy atom. The van der Waals surface area contributed by atoms with Gasteiger partial charge in [0.2, 0.25) is 8.32 Å². The summed E-state index contributed by atoms with van der Waals surface area (Å²) in [4.78, 5) is 11.2. The quantitative estimate of drug-likeness (QED) is 0.383. The van der Waals surface area contributed by atoms with Gasteiger partial charge in [-0.2, -0.15) is 0 Å². The first kappa shape index (κ1) is 14.4. The van der Waals surface area contributed by atoms with Crippen LogP contribution in [-0.4, -0.2) is 26.6 Å². The van der Waals surface area contributed by atoms with Crippen LogP contribution in [0.1, 0.15) is 27.2 Å². The van der Waals surface area contributed by atoms with Crippen LogP contribution in [0.5, 0.6) is 0 Å². The molecule has 0 amide bonds. The van der Waals surface area contributed by atoms with Gasteiger partial charge in [0.05, 0.1) is 0 Å². The number of esters is 1. The van der Waals surface area contributed by atoms with Gasteiger partial charge in [-0.15, -0.1) is 0 Å². The van der Waals surface area contributed by atoms with Crippen molar-refractivity contribution in [3.63, 3.8) is 0 Å². The van der Waals surface area contributed by atoms with Crippen molar-refractivity contribution in [3.8, 4) is 0 Å². The van der Waals surface area contributed by atoms with E-state index in [1.807, 2.05) is 13.8 Å². The maximum atomic E-state index is 11.2. The molecular weight excluding hydrogens is 208 g/mol. The van der Waals surface area contributed by atoms with Crippen LogP contribution in [-0.2, 0) is 14.0 Å². The van der Waals surface area contributed by atoms with Crippen molar-refractivity contribution < 1.29 is 14.0 Å². The third kappa shape index (κ3) is 4.18. The lowest BCUT2D eigenvalue weighted by Crippen LogP contribution is -2.49. The summed E-state index contributed by atoms with van der Waals surface area (Å²) in [7, 11) is -1.92. The molecule has 0 aromatic rings. The van der Waals surface area contributed by atoms with Crippen LogP contribution >= 0.6 is 0 Å². The summed E-state index contributed by atoms with van der Waals surface area (Å²) in [5.74, 6) is -0.353. The predicted octanol–water partition coefficient (Wildman–Crippen LogP) is 2.67. The summed E-state index contributed by atoms with van der Waals surface area (Å²) in [5, 5.41) is 0. The monoisotopic (exact) mass is 230 g/mol. The van der Waals surface area contributed by atoms with Crippen LogP contribution in [0.3, 0.4) is 0 Å². The van der Waals surface area contributed by atoms with Crippen LogP contribution in [0.4, 0.5) is 0 Å². The summed E-state index contributed by atoms with van der Waals surface area (Å²) < 4.78 is 11.1. The van der Waals surface area contributed by atoms with E-state index in [0.29, 0.717) is 6.61 Å². The van der Waals surface area contributed by atoms with Crippen LogP contribution in [0, 0.1) is 0 Å². The molecule has 0 aliphatic heterocycles. The molecule has 0 spiro atoms. The van der Waals surface area contributed by atoms with E-state index >= 15 is 0 Å². The van der Waals surface area contributed by atoms with E-state index < -0.39 is 8.32 Å². The van der Waals surface area contributed by atoms with Crippen molar-refractivity contribution in [2.75, 3.05) is 6.61 Å². The third-order valence-corrected chi connectivity index (χ3v) is 6.89. The molecule has 2 unspecified atom stereocenters. The van der Waals surface area contributed by atoms with Gasteiger partial charge in [-0.25, -0.2) is 4.79 Å². The fourth-order valence-electron chi connectivity index (χ4n) is 1.58. The minimum atomic E-state index is -1.92. The number of hydrogen-bond acceptors (Lipinski definition) is 3. The first-order valence-electron chi connectivity index (χ1n) is 5.51. The van der Waals surface area contributed by atoms with Crippen LogP contribution in [0.25, 0.3) is 0 Å². The first-order valence-corrected chi connectivity index (χ1v) is 8.20. The second kappa shape index (κ2) is 6.79. The molecule has 0 rings (SSSR count). The molecule has 4 heteroatoms. The van der Waals surface area contributed by atoms with Crippen LogP contribution < -0.4 is 0 Å². The molecule has 0 radical (unpaired) electrons. The molecule has 0 fully saturated rings. The van der Waals surface area contributed by atoms with Gasteiger partial charge in [-0.05, 0) is 25.9 Å². The average molecular weight is 230 g/mol. The molecular formula is C11H22O3Si. The van der Waals surface area contributed by atoms with E-state index in [2.05, 4.69) is 20.0 Å². The Morgan fingerprint density at radius 3 is 2.40 bits per heavy atom. The van der Waals surface area contributed by atoms with Crippen molar-refractivity contribution in [2.24, 2.45) is 0 Å². The normalized spacial score (nSPS) is 16.5. The maximum Gasteiger partial charge on any atom is 0.330 e. The molecule has 0 aromatic heterocycles. The molecule has 0 aromatic carbocycles. The van der Waals surface area contributed by atoms with Gasteiger partial charge < -0.3 is 9.16 Å². The maximum absolute atomic E-state index is 11.2. The number of carbonyl (C=O) groups excluding carboxylic acids is 1. The standard InChI is InChI=1S/C11H22O3Si/c1-6-10(12)14-11(7-2)15(5,9-4)13-8-3/h6,11H,1,7-9H2,2-5H3. The van der Waals surface area contributed by atoms with Gasteiger partial charge in [0.1, 0.15) is 5.73 Å². The van der Waals surface area contributed by atoms with Gasteiger partial charge in [-0.3, -0.25) is 0 Å². The molecule has 3 nitrogen and oxygen atoms in total. The lowest BCUT2D eigenvalue weighted by Gasteiger charge is -2.32. The van der Waals surface area contributed by atoms with E-state index in [0.717, 1.165) is 12.5 Å². The van der Waals surface area contributed by atoms with E-state index in [-0.39, 0.29) is 11.7 Å². The van der Waals surface area contributed by atoms with Gasteiger partial charge >= 0.3 is 5.97 Å². The van der Waals surface area contributed by atoms with Crippen molar-refractivity contribution in [1.29, 1.82) is 0 Å². The van der Waals surface area contributed by atoms with Gasteiger partial charge in [0.15, 0.2) is 0 Å². The Kier molecular flexibility index (Phi) is 6.52. The molecule has 0 heterocycles. The molecule has 88 valence electrons. The minimum Gasteiger partial charge on any atom is -0.460 e. The number of hydrogen-bond donors (Lipinski definition) is 0. The highest BCUT2D eigenvalue weighted by Gasteiger charge is 2.38. The van der Waals surface area contributed by atoms with Crippen molar-refractivity contribution in [2.45, 2.75) is 45.5 Å². The fourth-order valence-corrected chi connectivity index (χ4v) is 4.31. The summed E-state index contributed by atoms with van der Waals surface area (Å²) in [6, 6.07) is 0.948. The van der Waals surface area contributed by atoms with Crippen molar-refractivity contribution >= 4 is 14.3 Å². The fraction of sp³-hybridized carbons (Fsp3) is 0.727. The topological polar surface area (TPSA) is 35.5 Å². The predicted molar refractivity (Wildman–Crippen MR) is 64.1 cm³/mol. The third-order valence-electron chi connectivity index (χ3n) is 2.65. The molecule has 0 aliphatic rings. The second-order valence-corrected chi connectivity index (χ2v) is 7.90. The van der Waals surface area contributed by atoms with Gasteiger partial charge in [-0.1, -0.05) is 20.4 Å². The molecule has 15 heavy (non-hydrogen) atoms. The van der Waals surface area contributed by atoms with E-state index in [9.17, 15) is 4.79 Å². The largest absolute Gasteiger partial charge is 0.460 e. The Bertz CT molecular complexity index is 218. The lowest BCUT2D eigenvalue weighted by molar-refractivity contribution is -0.140. The average Bonchev–Trinajstić information content (AvgIpc) is 2.25. The van der Waals surface area contributed by atoms with E-state index in [4.69, 9.17) is 9.16 Å². The SMILES string of the molecule is C=CC(=O)OC(CC)[Si](C)(CC)OCC. The van der Waals surface area contributed by atoms with Crippen molar-refractivity contribution in [3.05, 3.63) is 12.7 Å². The zero-order valence-corrected chi connectivity index (χ0v) is 11.2. The Hall–Kier alpha value is -0.613. The molecule has 0 saturated heterocycles. The zero-order valence-electron chi connectivity index (χ0n) is 10.2. The molecule has 0 N–H and O–H groups in total. The molecule has 0 aliphatic carbocycles. The second-order valence-electron chi connectivity index (χ2n) is 3.64. The number of ether oxygens (including phenoxy) is 1. The summed E-state index contributed by atoms with van der Waals surface area (Å²) in [6.45, 7) is 12.3. The molecule has 0 saturated carbocycles. The highest BCUT2D eigenvalue weighted by atomic mass is 28.4. The first-order chi connectivity index (χ1) is 7.03. The molecule has 2 atom stereocenters. The Labute approximate surface area is 93.6 Å². The van der Waals surface area contributed by atoms with Gasteiger partial charge in [0.25, 0.3) is 0 Å². The van der Waals surface area contributed by atoms with E-state index in [1.54, 1.807) is 0 Å². The minimum absolute atomic E-state index is 0.0760. The molecule has 0 bridgehead atoms. The highest BCUT2D eigenvalue weighted by molar-refractivity contribution is 6.73. The Balaban J connectivity index is 4.59. The zero-order chi connectivity index (χ0) is 11.9. The van der Waals surface area contributed by atoms with E-state index in [1.165, 1.54) is 6.08 Å². The van der Waals surface area contributed by atoms with Crippen LogP contribution in [0.2, 0.25) is 12.6 Å². The number of carbonyl (C=O) groups is 1. The smallest absolute Gasteiger partial charge is 0.330 e. The summed E-state index contributed by atoms with van der Waals surface area (Å²) in [6.07, 6.45) is 2.01.